The normalized spacial score (nSPS) is 13.0. The molecule has 1 aliphatic rings. The van der Waals surface area contributed by atoms with Crippen LogP contribution in [0.2, 0.25) is 0 Å². The number of non-ortho nitro benzene ring substituents is 1. The molecule has 24 heavy (non-hydrogen) atoms. The van der Waals surface area contributed by atoms with E-state index in [1.807, 2.05) is 0 Å². The fourth-order valence-corrected chi connectivity index (χ4v) is 2.37. The van der Waals surface area contributed by atoms with Crippen LogP contribution in [0.15, 0.2) is 48.5 Å². The molecule has 1 N–H and O–H groups in total. The molecule has 1 aliphatic heterocycles. The molecule has 8 nitrogen and oxygen atoms in total. The van der Waals surface area contributed by atoms with Crippen molar-refractivity contribution in [3.05, 3.63) is 58.6 Å². The Labute approximate surface area is 136 Å². The van der Waals surface area contributed by atoms with Crippen molar-refractivity contribution in [2.75, 3.05) is 23.4 Å². The number of hydrogen-bond donors (Lipinski definition) is 1. The first-order valence-corrected chi connectivity index (χ1v) is 7.11. The van der Waals surface area contributed by atoms with Gasteiger partial charge in [0.25, 0.3) is 11.6 Å². The minimum atomic E-state index is -0.542. The van der Waals surface area contributed by atoms with Crippen LogP contribution in [0.3, 0.4) is 0 Å². The van der Waals surface area contributed by atoms with E-state index in [1.165, 1.54) is 29.2 Å². The van der Waals surface area contributed by atoms with Gasteiger partial charge in [0.2, 0.25) is 5.91 Å². The van der Waals surface area contributed by atoms with Gasteiger partial charge in [0.1, 0.15) is 12.3 Å². The molecule has 3 rings (SSSR count). The van der Waals surface area contributed by atoms with Crippen LogP contribution in [-0.2, 0) is 9.59 Å². The number of para-hydroxylation sites is 2. The van der Waals surface area contributed by atoms with Crippen molar-refractivity contribution < 1.29 is 19.2 Å². The van der Waals surface area contributed by atoms with Gasteiger partial charge in [-0.25, -0.2) is 0 Å². The Hall–Kier alpha value is -3.42. The number of nitro groups is 1. The Morgan fingerprint density at radius 1 is 1.25 bits per heavy atom. The molecule has 122 valence electrons. The fourth-order valence-electron chi connectivity index (χ4n) is 2.37. The van der Waals surface area contributed by atoms with Crippen LogP contribution in [0, 0.1) is 10.1 Å². The average molecular weight is 327 g/mol. The summed E-state index contributed by atoms with van der Waals surface area (Å²) >= 11 is 0. The Balaban J connectivity index is 1.73. The van der Waals surface area contributed by atoms with Gasteiger partial charge in [-0.05, 0) is 18.2 Å². The lowest BCUT2D eigenvalue weighted by molar-refractivity contribution is -0.384. The molecule has 1 heterocycles. The maximum atomic E-state index is 12.4. The van der Waals surface area contributed by atoms with Crippen LogP contribution in [0.4, 0.5) is 17.1 Å². The maximum Gasteiger partial charge on any atom is 0.273 e. The number of fused-ring (bicyclic) bond motifs is 1. The van der Waals surface area contributed by atoms with Crippen LogP contribution in [0.1, 0.15) is 0 Å². The number of ether oxygens (including phenoxy) is 1. The Morgan fingerprint density at radius 3 is 2.83 bits per heavy atom. The lowest BCUT2D eigenvalue weighted by Gasteiger charge is -2.29. The monoisotopic (exact) mass is 327 g/mol. The molecule has 0 unspecified atom stereocenters. The first kappa shape index (κ1) is 15.5. The molecule has 0 saturated carbocycles. The second kappa shape index (κ2) is 6.37. The third-order valence-electron chi connectivity index (χ3n) is 3.46. The number of carbonyl (C=O) groups excluding carboxylic acids is 2. The zero-order chi connectivity index (χ0) is 17.1. The summed E-state index contributed by atoms with van der Waals surface area (Å²) in [6, 6.07) is 12.5. The number of nitro benzene ring substituents is 1. The maximum absolute atomic E-state index is 12.4. The van der Waals surface area contributed by atoms with Crippen LogP contribution in [0.5, 0.6) is 5.75 Å². The summed E-state index contributed by atoms with van der Waals surface area (Å²) in [6.07, 6.45) is 0. The van der Waals surface area contributed by atoms with E-state index in [0.29, 0.717) is 11.4 Å². The number of nitrogens with zero attached hydrogens (tertiary/aromatic N) is 2. The third-order valence-corrected chi connectivity index (χ3v) is 3.46. The highest BCUT2D eigenvalue weighted by molar-refractivity contribution is 6.10. The second-order valence-corrected chi connectivity index (χ2v) is 5.09. The van der Waals surface area contributed by atoms with Gasteiger partial charge < -0.3 is 10.1 Å². The third kappa shape index (κ3) is 3.17. The zero-order valence-electron chi connectivity index (χ0n) is 12.5. The molecule has 0 aliphatic carbocycles. The van der Waals surface area contributed by atoms with E-state index in [0.717, 1.165) is 0 Å². The van der Waals surface area contributed by atoms with Crippen molar-refractivity contribution in [2.45, 2.75) is 0 Å². The van der Waals surface area contributed by atoms with Crippen molar-refractivity contribution in [3.8, 4) is 5.75 Å². The molecule has 0 saturated heterocycles. The molecule has 2 amide bonds. The second-order valence-electron chi connectivity index (χ2n) is 5.09. The van der Waals surface area contributed by atoms with Gasteiger partial charge >= 0.3 is 0 Å². The summed E-state index contributed by atoms with van der Waals surface area (Å²) in [5.41, 5.74) is 1.02. The fraction of sp³-hybridized carbons (Fsp3) is 0.125. The predicted octanol–water partition coefficient (Wildman–Crippen LogP) is 1.96. The molecule has 0 fully saturated rings. The molecule has 0 bridgehead atoms. The number of rotatable bonds is 4. The van der Waals surface area contributed by atoms with Crippen molar-refractivity contribution in [3.63, 3.8) is 0 Å². The van der Waals surface area contributed by atoms with Crippen molar-refractivity contribution >= 4 is 28.9 Å². The van der Waals surface area contributed by atoms with Crippen LogP contribution < -0.4 is 15.0 Å². The topological polar surface area (TPSA) is 102 Å². The van der Waals surface area contributed by atoms with E-state index >= 15 is 0 Å². The molecule has 2 aromatic carbocycles. The molecule has 0 spiro atoms. The van der Waals surface area contributed by atoms with Gasteiger partial charge in [-0.3, -0.25) is 24.6 Å². The molecule has 0 aromatic heterocycles. The number of amides is 2. The summed E-state index contributed by atoms with van der Waals surface area (Å²) in [5.74, 6) is -0.492. The standard InChI is InChI=1S/C16H13N3O5/c20-15-9-18(14-7-2-1-6-13(14)17-15)16(21)10-24-12-5-3-4-11(8-12)19(22)23/h1-8H,9-10H2,(H,17,20). The first-order valence-electron chi connectivity index (χ1n) is 7.11. The van der Waals surface area contributed by atoms with Crippen molar-refractivity contribution in [2.24, 2.45) is 0 Å². The summed E-state index contributed by atoms with van der Waals surface area (Å²) in [5, 5.41) is 13.4. The van der Waals surface area contributed by atoms with Gasteiger partial charge in [-0.2, -0.15) is 0 Å². The highest BCUT2D eigenvalue weighted by Crippen LogP contribution is 2.29. The minimum Gasteiger partial charge on any atom is -0.483 e. The first-order chi connectivity index (χ1) is 11.5. The Bertz CT molecular complexity index is 821. The molecule has 0 atom stereocenters. The van der Waals surface area contributed by atoms with Crippen LogP contribution in [0.25, 0.3) is 0 Å². The predicted molar refractivity (Wildman–Crippen MR) is 86.0 cm³/mol. The van der Waals surface area contributed by atoms with E-state index in [4.69, 9.17) is 4.74 Å². The van der Waals surface area contributed by atoms with Crippen molar-refractivity contribution in [1.82, 2.24) is 0 Å². The van der Waals surface area contributed by atoms with E-state index in [2.05, 4.69) is 5.32 Å². The van der Waals surface area contributed by atoms with E-state index < -0.39 is 10.8 Å². The summed E-state index contributed by atoms with van der Waals surface area (Å²) in [7, 11) is 0. The molecule has 8 heteroatoms. The highest BCUT2D eigenvalue weighted by Gasteiger charge is 2.26. The van der Waals surface area contributed by atoms with Gasteiger partial charge in [0.15, 0.2) is 6.61 Å². The van der Waals surface area contributed by atoms with E-state index in [9.17, 15) is 19.7 Å². The Kier molecular flexibility index (Phi) is 4.11. The quantitative estimate of drug-likeness (QED) is 0.683. The minimum absolute atomic E-state index is 0.103. The van der Waals surface area contributed by atoms with Crippen molar-refractivity contribution in [1.29, 1.82) is 0 Å². The van der Waals surface area contributed by atoms with E-state index in [-0.39, 0.29) is 30.5 Å². The van der Waals surface area contributed by atoms with Crippen LogP contribution in [-0.4, -0.2) is 29.9 Å². The number of benzene rings is 2. The Morgan fingerprint density at radius 2 is 2.04 bits per heavy atom. The average Bonchev–Trinajstić information content (AvgIpc) is 2.59. The highest BCUT2D eigenvalue weighted by atomic mass is 16.6. The summed E-state index contributed by atoms with van der Waals surface area (Å²) in [6.45, 7) is -0.434. The number of nitrogens with one attached hydrogen (secondary N) is 1. The number of carbonyl (C=O) groups is 2. The van der Waals surface area contributed by atoms with Gasteiger partial charge in [-0.1, -0.05) is 18.2 Å². The lowest BCUT2D eigenvalue weighted by Crippen LogP contribution is -2.44. The zero-order valence-corrected chi connectivity index (χ0v) is 12.5. The summed E-state index contributed by atoms with van der Waals surface area (Å²) < 4.78 is 5.33. The van der Waals surface area contributed by atoms with Gasteiger partial charge in [-0.15, -0.1) is 0 Å². The number of hydrogen-bond acceptors (Lipinski definition) is 5. The smallest absolute Gasteiger partial charge is 0.273 e. The van der Waals surface area contributed by atoms with Gasteiger partial charge in [0, 0.05) is 6.07 Å². The number of anilines is 2. The molecular formula is C16H13N3O5. The van der Waals surface area contributed by atoms with E-state index in [1.54, 1.807) is 24.3 Å². The SMILES string of the molecule is O=C1CN(C(=O)COc2cccc([N+](=O)[O-])c2)c2ccccc2N1. The molecule has 0 radical (unpaired) electrons. The lowest BCUT2D eigenvalue weighted by atomic mass is 10.2. The van der Waals surface area contributed by atoms with Gasteiger partial charge in [0.05, 0.1) is 22.4 Å². The largest absolute Gasteiger partial charge is 0.483 e. The molecule has 2 aromatic rings. The van der Waals surface area contributed by atoms with Crippen LogP contribution >= 0.6 is 0 Å². The summed E-state index contributed by atoms with van der Waals surface area (Å²) in [4.78, 5) is 35.6. The molecular weight excluding hydrogens is 314 g/mol.